The number of rotatable bonds is 5. The van der Waals surface area contributed by atoms with Crippen LogP contribution in [0, 0.1) is 5.82 Å². The summed E-state index contributed by atoms with van der Waals surface area (Å²) in [6, 6.07) is 11.0. The zero-order valence-corrected chi connectivity index (χ0v) is 22.5. The molecule has 2 aliphatic heterocycles. The van der Waals surface area contributed by atoms with Crippen LogP contribution in [0.4, 0.5) is 10.1 Å². The van der Waals surface area contributed by atoms with Gasteiger partial charge in [-0.1, -0.05) is 0 Å². The summed E-state index contributed by atoms with van der Waals surface area (Å²) in [6.07, 6.45) is 6.35. The van der Waals surface area contributed by atoms with E-state index in [9.17, 15) is 12.8 Å². The van der Waals surface area contributed by atoms with E-state index in [1.54, 1.807) is 18.2 Å². The normalized spacial score (nSPS) is 22.9. The van der Waals surface area contributed by atoms with Gasteiger partial charge in [0.15, 0.2) is 9.84 Å². The molecule has 2 aliphatic rings. The molecule has 3 heterocycles. The molecule has 8 heteroatoms. The third-order valence-corrected chi connectivity index (χ3v) is 9.79. The quantitative estimate of drug-likeness (QED) is 0.438. The number of fused-ring (bicyclic) bond motifs is 2. The first kappa shape index (κ1) is 24.7. The van der Waals surface area contributed by atoms with Gasteiger partial charge < -0.3 is 9.29 Å². The van der Waals surface area contributed by atoms with E-state index in [2.05, 4.69) is 41.2 Å². The van der Waals surface area contributed by atoms with Gasteiger partial charge in [-0.15, -0.1) is 0 Å². The summed E-state index contributed by atoms with van der Waals surface area (Å²) < 4.78 is 40.1. The minimum atomic E-state index is -3.22. The zero-order valence-electron chi connectivity index (χ0n) is 20.8. The molecule has 5 rings (SSSR count). The van der Waals surface area contributed by atoms with E-state index in [1.807, 2.05) is 30.1 Å². The van der Waals surface area contributed by atoms with Crippen LogP contribution in [0.3, 0.4) is 0 Å². The minimum Gasteiger partial charge on any atom is -0.361 e. The van der Waals surface area contributed by atoms with Gasteiger partial charge in [0.2, 0.25) is 0 Å². The largest absolute Gasteiger partial charge is 0.361 e. The molecule has 1 saturated heterocycles. The summed E-state index contributed by atoms with van der Waals surface area (Å²) in [7, 11) is -3.22. The lowest BCUT2D eigenvalue weighted by molar-refractivity contribution is 0.152. The molecule has 0 radical (unpaired) electrons. The number of aromatic amines is 1. The summed E-state index contributed by atoms with van der Waals surface area (Å²) in [4.78, 5) is 6.22. The van der Waals surface area contributed by atoms with Gasteiger partial charge in [0.05, 0.1) is 10.6 Å². The molecule has 0 bridgehead atoms. The number of nitrogens with one attached hydrogen (secondary N) is 1. The lowest BCUT2D eigenvalue weighted by Crippen LogP contribution is -2.44. The Morgan fingerprint density at radius 1 is 1.17 bits per heavy atom. The number of anilines is 1. The van der Waals surface area contributed by atoms with Crippen molar-refractivity contribution in [1.82, 2.24) is 9.88 Å². The number of halogens is 1. The molecule has 188 valence electrons. The summed E-state index contributed by atoms with van der Waals surface area (Å²) in [6.45, 7) is 9.63. The number of hydrogen-bond donors (Lipinski definition) is 1. The second kappa shape index (κ2) is 9.12. The topological polar surface area (TPSA) is 56.4 Å². The first-order chi connectivity index (χ1) is 16.5. The van der Waals surface area contributed by atoms with Gasteiger partial charge in [-0.25, -0.2) is 12.8 Å². The van der Waals surface area contributed by atoms with Crippen LogP contribution in [0.5, 0.6) is 0 Å². The molecule has 3 aromatic rings. The third kappa shape index (κ3) is 5.11. The molecular formula is C27H34FN3O2S2. The Morgan fingerprint density at radius 3 is 2.71 bits per heavy atom. The Hall–Kier alpha value is -2.03. The minimum absolute atomic E-state index is 0.0105. The highest BCUT2D eigenvalue weighted by Crippen LogP contribution is 2.44. The second-order valence-electron chi connectivity index (χ2n) is 10.7. The van der Waals surface area contributed by atoms with E-state index in [0.29, 0.717) is 16.9 Å². The molecule has 0 amide bonds. The van der Waals surface area contributed by atoms with E-state index in [-0.39, 0.29) is 10.6 Å². The first-order valence-electron chi connectivity index (χ1n) is 12.3. The van der Waals surface area contributed by atoms with Gasteiger partial charge in [-0.3, -0.25) is 4.90 Å². The van der Waals surface area contributed by atoms with Crippen molar-refractivity contribution in [3.63, 3.8) is 0 Å². The average molecular weight is 516 g/mol. The Labute approximate surface area is 212 Å². The highest BCUT2D eigenvalue weighted by atomic mass is 32.2. The van der Waals surface area contributed by atoms with Crippen molar-refractivity contribution in [1.29, 1.82) is 0 Å². The smallest absolute Gasteiger partial charge is 0.175 e. The van der Waals surface area contributed by atoms with Crippen LogP contribution in [0.25, 0.3) is 10.9 Å². The predicted octanol–water partition coefficient (Wildman–Crippen LogP) is 5.77. The fourth-order valence-electron chi connectivity index (χ4n) is 5.70. The molecule has 35 heavy (non-hydrogen) atoms. The molecule has 1 N–H and O–H groups in total. The number of likely N-dealkylation sites (tertiary alicyclic amines) is 1. The molecule has 0 aliphatic carbocycles. The molecule has 0 unspecified atom stereocenters. The monoisotopic (exact) mass is 515 g/mol. The predicted molar refractivity (Wildman–Crippen MR) is 144 cm³/mol. The van der Waals surface area contributed by atoms with Gasteiger partial charge in [-0.05, 0) is 112 Å². The Balaban J connectivity index is 1.27. The number of benzene rings is 2. The molecule has 2 atom stereocenters. The maximum Gasteiger partial charge on any atom is 0.175 e. The van der Waals surface area contributed by atoms with Crippen LogP contribution in [0.2, 0.25) is 0 Å². The molecular weight excluding hydrogens is 481 g/mol. The Morgan fingerprint density at radius 2 is 1.97 bits per heavy atom. The Kier molecular flexibility index (Phi) is 6.43. The van der Waals surface area contributed by atoms with Crippen molar-refractivity contribution in [2.45, 2.75) is 61.6 Å². The van der Waals surface area contributed by atoms with Crippen molar-refractivity contribution in [3.05, 3.63) is 59.5 Å². The van der Waals surface area contributed by atoms with Crippen LogP contribution >= 0.6 is 11.9 Å². The zero-order chi connectivity index (χ0) is 25.0. The Bertz CT molecular complexity index is 1350. The molecule has 0 spiro atoms. The summed E-state index contributed by atoms with van der Waals surface area (Å²) >= 11 is 1.86. The van der Waals surface area contributed by atoms with Crippen LogP contribution in [0.1, 0.15) is 50.7 Å². The second-order valence-corrected chi connectivity index (χ2v) is 14.5. The number of hydrogen-bond acceptors (Lipinski definition) is 5. The summed E-state index contributed by atoms with van der Waals surface area (Å²) in [5, 5.41) is 1.13. The van der Waals surface area contributed by atoms with Crippen molar-refractivity contribution < 1.29 is 12.8 Å². The maximum absolute atomic E-state index is 13.6. The third-order valence-electron chi connectivity index (χ3n) is 7.44. The number of H-pyrrole nitrogens is 1. The van der Waals surface area contributed by atoms with E-state index >= 15 is 0 Å². The fourth-order valence-corrected chi connectivity index (χ4v) is 7.63. The van der Waals surface area contributed by atoms with E-state index < -0.39 is 9.84 Å². The van der Waals surface area contributed by atoms with Crippen LogP contribution in [-0.4, -0.2) is 55.0 Å². The highest BCUT2D eigenvalue weighted by Gasteiger charge is 2.33. The van der Waals surface area contributed by atoms with Crippen LogP contribution in [-0.2, 0) is 16.3 Å². The van der Waals surface area contributed by atoms with Gasteiger partial charge in [0.1, 0.15) is 5.82 Å². The lowest BCUT2D eigenvalue weighted by atomic mass is 9.85. The van der Waals surface area contributed by atoms with Gasteiger partial charge in [-0.2, -0.15) is 0 Å². The number of sulfone groups is 1. The molecule has 5 nitrogen and oxygen atoms in total. The van der Waals surface area contributed by atoms with Gasteiger partial charge in [0.25, 0.3) is 0 Å². The SMILES string of the molecule is C[C@@H]1C[C@@H](c2c[nH]c3cc(F)ccc23)CCN1CCN1SC(C)(C)Cc2cc(S(C)(=O)=O)ccc21. The van der Waals surface area contributed by atoms with E-state index in [1.165, 1.54) is 11.8 Å². The van der Waals surface area contributed by atoms with Gasteiger partial charge in [0, 0.05) is 47.2 Å². The van der Waals surface area contributed by atoms with Crippen LogP contribution in [0.15, 0.2) is 47.5 Å². The summed E-state index contributed by atoms with van der Waals surface area (Å²) in [5.74, 6) is 0.265. The first-order valence-corrected chi connectivity index (χ1v) is 15.0. The fraction of sp³-hybridized carbons (Fsp3) is 0.481. The van der Waals surface area contributed by atoms with E-state index in [4.69, 9.17) is 0 Å². The average Bonchev–Trinajstić information content (AvgIpc) is 3.19. The highest BCUT2D eigenvalue weighted by molar-refractivity contribution is 8.02. The van der Waals surface area contributed by atoms with Crippen LogP contribution < -0.4 is 4.31 Å². The number of piperidine rings is 1. The number of nitrogens with zero attached hydrogens (tertiary/aromatic N) is 2. The lowest BCUT2D eigenvalue weighted by Gasteiger charge is -2.42. The van der Waals surface area contributed by atoms with Crippen molar-refractivity contribution in [2.24, 2.45) is 0 Å². The maximum atomic E-state index is 13.6. The number of aromatic nitrogens is 1. The molecule has 2 aromatic carbocycles. The standard InChI is InChI=1S/C27H34FN3O2S2/c1-18-13-19(24-17-29-25-15-21(28)5-7-23(24)25)9-10-30(18)11-12-31-26-8-6-22(35(4,32)33)14-20(26)16-27(2,3)34-31/h5-8,14-15,17-19,29H,9-13,16H2,1-4H3/t18-,19+/m1/s1. The molecule has 1 fully saturated rings. The van der Waals surface area contributed by atoms with Gasteiger partial charge >= 0.3 is 0 Å². The van der Waals surface area contributed by atoms with E-state index in [0.717, 1.165) is 61.1 Å². The summed E-state index contributed by atoms with van der Waals surface area (Å²) in [5.41, 5.74) is 4.42. The molecule has 1 aromatic heterocycles. The van der Waals surface area contributed by atoms with Crippen molar-refractivity contribution >= 4 is 38.4 Å². The molecule has 0 saturated carbocycles. The van der Waals surface area contributed by atoms with Crippen molar-refractivity contribution in [3.8, 4) is 0 Å². The van der Waals surface area contributed by atoms with Crippen molar-refractivity contribution in [2.75, 3.05) is 30.2 Å².